The summed E-state index contributed by atoms with van der Waals surface area (Å²) in [7, 11) is 0. The summed E-state index contributed by atoms with van der Waals surface area (Å²) in [4.78, 5) is 0. The Balaban J connectivity index is 1.87. The maximum Gasteiger partial charge on any atom is 0.416 e. The van der Waals surface area contributed by atoms with E-state index in [0.29, 0.717) is 5.25 Å². The number of thioether (sulfide) groups is 1. The lowest BCUT2D eigenvalue weighted by Gasteiger charge is -2.27. The summed E-state index contributed by atoms with van der Waals surface area (Å²) in [6, 6.07) is 5.02. The lowest BCUT2D eigenvalue weighted by Crippen LogP contribution is -2.19. The van der Waals surface area contributed by atoms with Crippen molar-refractivity contribution in [1.29, 1.82) is 0 Å². The van der Waals surface area contributed by atoms with E-state index in [9.17, 15) is 13.2 Å². The number of hydrogen-bond donors (Lipinski definition) is 1. The summed E-state index contributed by atoms with van der Waals surface area (Å²) in [5.74, 6) is 1.54. The van der Waals surface area contributed by atoms with Gasteiger partial charge in [0.1, 0.15) is 0 Å². The van der Waals surface area contributed by atoms with Gasteiger partial charge in [0.05, 0.1) is 5.56 Å². The highest BCUT2D eigenvalue weighted by Gasteiger charge is 2.30. The second-order valence-electron chi connectivity index (χ2n) is 5.95. The molecule has 1 nitrogen and oxygen atoms in total. The summed E-state index contributed by atoms with van der Waals surface area (Å²) >= 11 is 1.87. The third kappa shape index (κ3) is 4.92. The molecule has 0 spiro atoms. The minimum absolute atomic E-state index is 0.200. The number of rotatable bonds is 4. The van der Waals surface area contributed by atoms with Crippen molar-refractivity contribution in [3.8, 4) is 0 Å². The lowest BCUT2D eigenvalue weighted by molar-refractivity contribution is -0.137. The highest BCUT2D eigenvalue weighted by Crippen LogP contribution is 2.34. The van der Waals surface area contributed by atoms with Gasteiger partial charge in [0.25, 0.3) is 0 Å². The zero-order valence-electron chi connectivity index (χ0n) is 12.2. The van der Waals surface area contributed by atoms with Crippen LogP contribution in [0, 0.1) is 5.92 Å². The molecule has 0 amide bonds. The topological polar surface area (TPSA) is 26.0 Å². The normalized spacial score (nSPS) is 24.8. The molecule has 1 aliphatic carbocycles. The predicted molar refractivity (Wildman–Crippen MR) is 82.3 cm³/mol. The van der Waals surface area contributed by atoms with Crippen molar-refractivity contribution in [2.45, 2.75) is 50.1 Å². The largest absolute Gasteiger partial charge is 0.416 e. The first-order chi connectivity index (χ1) is 9.86. The van der Waals surface area contributed by atoms with Gasteiger partial charge in [0.15, 0.2) is 0 Å². The van der Waals surface area contributed by atoms with Crippen LogP contribution in [0.1, 0.15) is 49.8 Å². The Morgan fingerprint density at radius 2 is 1.90 bits per heavy atom. The van der Waals surface area contributed by atoms with Crippen molar-refractivity contribution in [3.05, 3.63) is 35.4 Å². The Bertz CT molecular complexity index is 444. The number of alkyl halides is 3. The molecule has 5 heteroatoms. The molecule has 0 aliphatic heterocycles. The van der Waals surface area contributed by atoms with Gasteiger partial charge in [-0.05, 0) is 36.5 Å². The van der Waals surface area contributed by atoms with E-state index in [2.05, 4.69) is 6.92 Å². The van der Waals surface area contributed by atoms with Crippen LogP contribution in [-0.4, -0.2) is 11.0 Å². The van der Waals surface area contributed by atoms with Crippen LogP contribution in [-0.2, 0) is 6.18 Å². The van der Waals surface area contributed by atoms with Crippen molar-refractivity contribution < 1.29 is 13.2 Å². The summed E-state index contributed by atoms with van der Waals surface area (Å²) in [5.41, 5.74) is 6.26. The summed E-state index contributed by atoms with van der Waals surface area (Å²) in [6.45, 7) is 2.28. The van der Waals surface area contributed by atoms with Crippen molar-refractivity contribution in [2.75, 3.05) is 5.75 Å². The standard InChI is InChI=1S/C16H22F3NS/c1-11-3-2-4-14(9-11)21-10-15(20)12-5-7-13(8-6-12)16(17,18)19/h5-8,11,14-15H,2-4,9-10,20H2,1H3. The molecule has 0 radical (unpaired) electrons. The molecular formula is C16H22F3NS. The van der Waals surface area contributed by atoms with Crippen LogP contribution in [0.25, 0.3) is 0 Å². The zero-order chi connectivity index (χ0) is 15.5. The molecule has 1 aliphatic rings. The van der Waals surface area contributed by atoms with E-state index in [-0.39, 0.29) is 6.04 Å². The zero-order valence-corrected chi connectivity index (χ0v) is 13.0. The molecule has 0 saturated heterocycles. The maximum atomic E-state index is 12.5. The van der Waals surface area contributed by atoms with Crippen molar-refractivity contribution in [3.63, 3.8) is 0 Å². The fourth-order valence-corrected chi connectivity index (χ4v) is 4.26. The highest BCUT2D eigenvalue weighted by atomic mass is 32.2. The molecule has 21 heavy (non-hydrogen) atoms. The van der Waals surface area contributed by atoms with Crippen LogP contribution in [0.2, 0.25) is 0 Å². The molecule has 0 aromatic heterocycles. The van der Waals surface area contributed by atoms with Crippen LogP contribution in [0.5, 0.6) is 0 Å². The van der Waals surface area contributed by atoms with E-state index >= 15 is 0 Å². The first-order valence-corrected chi connectivity index (χ1v) is 8.45. The van der Waals surface area contributed by atoms with Gasteiger partial charge >= 0.3 is 6.18 Å². The number of nitrogens with two attached hydrogens (primary N) is 1. The van der Waals surface area contributed by atoms with Crippen molar-refractivity contribution in [1.82, 2.24) is 0 Å². The number of halogens is 3. The second-order valence-corrected chi connectivity index (χ2v) is 7.29. The molecule has 1 saturated carbocycles. The van der Waals surface area contributed by atoms with Gasteiger partial charge in [0, 0.05) is 17.0 Å². The van der Waals surface area contributed by atoms with Gasteiger partial charge in [-0.1, -0.05) is 31.9 Å². The van der Waals surface area contributed by atoms with Crippen molar-refractivity contribution >= 4 is 11.8 Å². The molecule has 3 atom stereocenters. The van der Waals surface area contributed by atoms with E-state index in [4.69, 9.17) is 5.73 Å². The smallest absolute Gasteiger partial charge is 0.323 e. The number of hydrogen-bond acceptors (Lipinski definition) is 2. The van der Waals surface area contributed by atoms with Crippen molar-refractivity contribution in [2.24, 2.45) is 11.7 Å². The Hall–Kier alpha value is -0.680. The molecule has 1 aromatic carbocycles. The Labute approximate surface area is 128 Å². The minimum Gasteiger partial charge on any atom is -0.323 e. The highest BCUT2D eigenvalue weighted by molar-refractivity contribution is 7.99. The van der Waals surface area contributed by atoms with E-state index in [1.807, 2.05) is 11.8 Å². The SMILES string of the molecule is CC1CCCC(SCC(N)c2ccc(C(F)(F)F)cc2)C1. The molecule has 0 bridgehead atoms. The van der Waals surface area contributed by atoms with Gasteiger partial charge in [-0.3, -0.25) is 0 Å². The van der Waals surface area contributed by atoms with E-state index < -0.39 is 11.7 Å². The van der Waals surface area contributed by atoms with Crippen LogP contribution in [0.3, 0.4) is 0 Å². The number of benzene rings is 1. The average molecular weight is 317 g/mol. The average Bonchev–Trinajstić information content (AvgIpc) is 2.44. The van der Waals surface area contributed by atoms with E-state index in [0.717, 1.165) is 29.4 Å². The lowest BCUT2D eigenvalue weighted by atomic mass is 9.91. The summed E-state index contributed by atoms with van der Waals surface area (Å²) < 4.78 is 37.5. The molecule has 1 fully saturated rings. The first-order valence-electron chi connectivity index (χ1n) is 7.40. The molecule has 0 heterocycles. The molecule has 2 N–H and O–H groups in total. The summed E-state index contributed by atoms with van der Waals surface area (Å²) in [6.07, 6.45) is 0.755. The van der Waals surface area contributed by atoms with Gasteiger partial charge < -0.3 is 5.73 Å². The van der Waals surface area contributed by atoms with Gasteiger partial charge in [-0.15, -0.1) is 0 Å². The fraction of sp³-hybridized carbons (Fsp3) is 0.625. The maximum absolute atomic E-state index is 12.5. The van der Waals surface area contributed by atoms with Crippen LogP contribution >= 0.6 is 11.8 Å². The third-order valence-corrected chi connectivity index (χ3v) is 5.52. The Morgan fingerprint density at radius 1 is 1.24 bits per heavy atom. The summed E-state index contributed by atoms with van der Waals surface area (Å²) in [5, 5.41) is 0.647. The Kier molecular flexibility index (Phi) is 5.60. The van der Waals surface area contributed by atoms with E-state index in [1.54, 1.807) is 0 Å². The third-order valence-electron chi connectivity index (χ3n) is 4.07. The van der Waals surface area contributed by atoms with Crippen LogP contribution < -0.4 is 5.73 Å². The van der Waals surface area contributed by atoms with E-state index in [1.165, 1.54) is 37.8 Å². The van der Waals surface area contributed by atoms with Gasteiger partial charge in [0.2, 0.25) is 0 Å². The molecule has 3 unspecified atom stereocenters. The molecular weight excluding hydrogens is 295 g/mol. The predicted octanol–water partition coefficient (Wildman–Crippen LogP) is 5.02. The monoisotopic (exact) mass is 317 g/mol. The molecule has 2 rings (SSSR count). The first kappa shape index (κ1) is 16.7. The molecule has 118 valence electrons. The fourth-order valence-electron chi connectivity index (χ4n) is 2.79. The van der Waals surface area contributed by atoms with Crippen LogP contribution in [0.4, 0.5) is 13.2 Å². The van der Waals surface area contributed by atoms with Crippen LogP contribution in [0.15, 0.2) is 24.3 Å². The second kappa shape index (κ2) is 7.05. The van der Waals surface area contributed by atoms with Gasteiger partial charge in [-0.25, -0.2) is 0 Å². The van der Waals surface area contributed by atoms with Gasteiger partial charge in [-0.2, -0.15) is 24.9 Å². The molecule has 1 aromatic rings. The minimum atomic E-state index is -4.28. The quantitative estimate of drug-likeness (QED) is 0.844. The Morgan fingerprint density at radius 3 is 2.48 bits per heavy atom.